The van der Waals surface area contributed by atoms with Gasteiger partial charge in [-0.15, -0.1) is 0 Å². The number of carboxylic acids is 1. The zero-order valence-electron chi connectivity index (χ0n) is 9.23. The zero-order valence-corrected chi connectivity index (χ0v) is 9.23. The Hall–Kier alpha value is -1.56. The quantitative estimate of drug-likeness (QED) is 0.619. The first-order chi connectivity index (χ1) is 7.57. The Morgan fingerprint density at radius 1 is 1.62 bits per heavy atom. The number of nitrogens with zero attached hydrogens (tertiary/aromatic N) is 1. The second-order valence-corrected chi connectivity index (χ2v) is 3.44. The lowest BCUT2D eigenvalue weighted by atomic mass is 10.2. The number of carboxylic acid groups (broad SMARTS) is 1. The zero-order chi connectivity index (χ0) is 12.1. The topological polar surface area (TPSA) is 92.9 Å². The largest absolute Gasteiger partial charge is 0.478 e. The van der Waals surface area contributed by atoms with Gasteiger partial charge in [0.15, 0.2) is 0 Å². The van der Waals surface area contributed by atoms with Crippen molar-refractivity contribution in [1.82, 2.24) is 4.90 Å². The van der Waals surface area contributed by atoms with E-state index in [1.807, 2.05) is 6.92 Å². The molecule has 0 unspecified atom stereocenters. The van der Waals surface area contributed by atoms with Crippen LogP contribution in [-0.2, 0) is 14.3 Å². The van der Waals surface area contributed by atoms with Crippen LogP contribution in [0.4, 0.5) is 0 Å². The standard InChI is InChI=1S/C10H16N2O4/c1-2-16-5-3-4-12-8(13)6-7(9(12)11)10(14)15/h2-6,11H2,1H3,(H,14,15). The van der Waals surface area contributed by atoms with Crippen molar-refractivity contribution in [3.63, 3.8) is 0 Å². The number of ether oxygens (including phenoxy) is 1. The molecule has 0 saturated carbocycles. The van der Waals surface area contributed by atoms with Crippen molar-refractivity contribution in [2.75, 3.05) is 19.8 Å². The summed E-state index contributed by atoms with van der Waals surface area (Å²) in [5.74, 6) is -1.32. The Morgan fingerprint density at radius 3 is 2.81 bits per heavy atom. The van der Waals surface area contributed by atoms with Gasteiger partial charge in [0.2, 0.25) is 5.91 Å². The molecule has 1 aliphatic rings. The minimum Gasteiger partial charge on any atom is -0.478 e. The van der Waals surface area contributed by atoms with E-state index in [1.165, 1.54) is 4.90 Å². The van der Waals surface area contributed by atoms with Gasteiger partial charge in [0.25, 0.3) is 0 Å². The third kappa shape index (κ3) is 2.73. The summed E-state index contributed by atoms with van der Waals surface area (Å²) in [4.78, 5) is 23.5. The number of rotatable bonds is 6. The molecule has 0 fully saturated rings. The molecule has 6 nitrogen and oxygen atoms in total. The number of carbonyl (C=O) groups is 2. The molecule has 0 aromatic carbocycles. The average Bonchev–Trinajstić information content (AvgIpc) is 2.51. The van der Waals surface area contributed by atoms with Crippen molar-refractivity contribution in [3.05, 3.63) is 11.4 Å². The lowest BCUT2D eigenvalue weighted by molar-refractivity contribution is -0.134. The summed E-state index contributed by atoms with van der Waals surface area (Å²) in [6, 6.07) is 0. The lowest BCUT2D eigenvalue weighted by Crippen LogP contribution is -2.30. The van der Waals surface area contributed by atoms with Crippen LogP contribution in [0.3, 0.4) is 0 Å². The van der Waals surface area contributed by atoms with Crippen molar-refractivity contribution in [3.8, 4) is 0 Å². The number of aliphatic carboxylic acids is 1. The summed E-state index contributed by atoms with van der Waals surface area (Å²) >= 11 is 0. The fourth-order valence-electron chi connectivity index (χ4n) is 1.53. The first-order valence-electron chi connectivity index (χ1n) is 5.18. The molecule has 6 heteroatoms. The minimum atomic E-state index is -1.13. The first kappa shape index (κ1) is 12.5. The Kier molecular flexibility index (Phi) is 4.30. The van der Waals surface area contributed by atoms with E-state index in [-0.39, 0.29) is 23.7 Å². The maximum absolute atomic E-state index is 11.5. The third-order valence-corrected chi connectivity index (χ3v) is 2.36. The van der Waals surface area contributed by atoms with Gasteiger partial charge in [-0.3, -0.25) is 9.69 Å². The Balaban J connectivity index is 2.53. The Labute approximate surface area is 93.7 Å². The predicted octanol–water partition coefficient (Wildman–Crippen LogP) is -0.0998. The molecule has 0 atom stereocenters. The van der Waals surface area contributed by atoms with E-state index in [2.05, 4.69) is 0 Å². The van der Waals surface area contributed by atoms with Crippen LogP contribution in [0.1, 0.15) is 19.8 Å². The molecule has 0 aromatic heterocycles. The highest BCUT2D eigenvalue weighted by molar-refractivity contribution is 5.98. The molecular weight excluding hydrogens is 212 g/mol. The van der Waals surface area contributed by atoms with Crippen molar-refractivity contribution in [2.24, 2.45) is 5.73 Å². The van der Waals surface area contributed by atoms with Crippen molar-refractivity contribution < 1.29 is 19.4 Å². The van der Waals surface area contributed by atoms with Crippen LogP contribution in [0.2, 0.25) is 0 Å². The van der Waals surface area contributed by atoms with Gasteiger partial charge in [-0.05, 0) is 13.3 Å². The molecule has 1 amide bonds. The van der Waals surface area contributed by atoms with Crippen LogP contribution in [0.25, 0.3) is 0 Å². The van der Waals surface area contributed by atoms with Crippen molar-refractivity contribution in [2.45, 2.75) is 19.8 Å². The molecule has 0 radical (unpaired) electrons. The van der Waals surface area contributed by atoms with Crippen LogP contribution >= 0.6 is 0 Å². The van der Waals surface area contributed by atoms with Gasteiger partial charge >= 0.3 is 5.97 Å². The summed E-state index contributed by atoms with van der Waals surface area (Å²) in [5.41, 5.74) is 5.58. The van der Waals surface area contributed by atoms with E-state index in [0.29, 0.717) is 26.2 Å². The third-order valence-electron chi connectivity index (χ3n) is 2.36. The Morgan fingerprint density at radius 2 is 2.31 bits per heavy atom. The van der Waals surface area contributed by atoms with Gasteiger partial charge in [0, 0.05) is 19.8 Å². The molecule has 1 heterocycles. The molecule has 0 spiro atoms. The van der Waals surface area contributed by atoms with Gasteiger partial charge in [0.1, 0.15) is 5.82 Å². The summed E-state index contributed by atoms with van der Waals surface area (Å²) < 4.78 is 5.13. The summed E-state index contributed by atoms with van der Waals surface area (Å²) in [5, 5.41) is 8.79. The maximum atomic E-state index is 11.5. The number of nitrogens with two attached hydrogens (primary N) is 1. The molecule has 16 heavy (non-hydrogen) atoms. The van der Waals surface area contributed by atoms with Crippen LogP contribution in [0.15, 0.2) is 11.4 Å². The Bertz CT molecular complexity index is 325. The van der Waals surface area contributed by atoms with Crippen LogP contribution < -0.4 is 5.73 Å². The lowest BCUT2D eigenvalue weighted by Gasteiger charge is -2.16. The number of hydrogen-bond donors (Lipinski definition) is 2. The molecule has 3 N–H and O–H groups in total. The molecule has 0 bridgehead atoms. The van der Waals surface area contributed by atoms with E-state index < -0.39 is 5.97 Å². The number of hydrogen-bond acceptors (Lipinski definition) is 4. The normalized spacial score (nSPS) is 16.1. The summed E-state index contributed by atoms with van der Waals surface area (Å²) in [6.45, 7) is 3.45. The van der Waals surface area contributed by atoms with E-state index in [9.17, 15) is 9.59 Å². The highest BCUT2D eigenvalue weighted by Crippen LogP contribution is 2.20. The smallest absolute Gasteiger partial charge is 0.335 e. The van der Waals surface area contributed by atoms with Crippen LogP contribution in [0.5, 0.6) is 0 Å². The molecule has 90 valence electrons. The highest BCUT2D eigenvalue weighted by Gasteiger charge is 2.31. The summed E-state index contributed by atoms with van der Waals surface area (Å²) in [7, 11) is 0. The predicted molar refractivity (Wildman–Crippen MR) is 56.3 cm³/mol. The molecule has 1 aliphatic heterocycles. The van der Waals surface area contributed by atoms with E-state index >= 15 is 0 Å². The van der Waals surface area contributed by atoms with Gasteiger partial charge in [-0.2, -0.15) is 0 Å². The van der Waals surface area contributed by atoms with Crippen molar-refractivity contribution in [1.29, 1.82) is 0 Å². The monoisotopic (exact) mass is 228 g/mol. The second-order valence-electron chi connectivity index (χ2n) is 3.44. The molecule has 1 rings (SSSR count). The van der Waals surface area contributed by atoms with E-state index in [1.54, 1.807) is 0 Å². The molecule has 0 saturated heterocycles. The molecule has 0 aromatic rings. The minimum absolute atomic E-state index is 0.0126. The highest BCUT2D eigenvalue weighted by atomic mass is 16.5. The SMILES string of the molecule is CCOCCCN1C(=O)CC(C(=O)O)=C1N. The number of amides is 1. The average molecular weight is 228 g/mol. The van der Waals surface area contributed by atoms with Crippen LogP contribution in [-0.4, -0.2) is 41.6 Å². The van der Waals surface area contributed by atoms with E-state index in [0.717, 1.165) is 0 Å². The molecule has 0 aliphatic carbocycles. The second kappa shape index (κ2) is 5.50. The molecular formula is C10H16N2O4. The maximum Gasteiger partial charge on any atom is 0.335 e. The summed E-state index contributed by atoms with van der Waals surface area (Å²) in [6.07, 6.45) is 0.531. The van der Waals surface area contributed by atoms with Crippen molar-refractivity contribution >= 4 is 11.9 Å². The van der Waals surface area contributed by atoms with Crippen LogP contribution in [0, 0.1) is 0 Å². The van der Waals surface area contributed by atoms with Gasteiger partial charge < -0.3 is 15.6 Å². The van der Waals surface area contributed by atoms with E-state index in [4.69, 9.17) is 15.6 Å². The number of carbonyl (C=O) groups excluding carboxylic acids is 1. The fraction of sp³-hybridized carbons (Fsp3) is 0.600. The van der Waals surface area contributed by atoms with Gasteiger partial charge in [-0.25, -0.2) is 4.79 Å². The van der Waals surface area contributed by atoms with Gasteiger partial charge in [0.05, 0.1) is 12.0 Å². The van der Waals surface area contributed by atoms with Gasteiger partial charge in [-0.1, -0.05) is 0 Å². The fourth-order valence-corrected chi connectivity index (χ4v) is 1.53. The first-order valence-corrected chi connectivity index (χ1v) is 5.18.